The largest absolute Gasteiger partial charge is 0.355 e. The van der Waals surface area contributed by atoms with Crippen molar-refractivity contribution in [3.8, 4) is 0 Å². The molecule has 2 fully saturated rings. The molecule has 1 N–H and O–H groups in total. The van der Waals surface area contributed by atoms with E-state index in [0.717, 1.165) is 70.0 Å². The van der Waals surface area contributed by atoms with Crippen LogP contribution < -0.4 is 15.1 Å². The summed E-state index contributed by atoms with van der Waals surface area (Å²) in [5, 5.41) is 13.2. The van der Waals surface area contributed by atoms with Crippen LogP contribution in [-0.4, -0.2) is 72.7 Å². The van der Waals surface area contributed by atoms with Gasteiger partial charge in [-0.1, -0.05) is 25.2 Å². The molecule has 0 aromatic carbocycles. The Morgan fingerprint density at radius 1 is 1.14 bits per heavy atom. The summed E-state index contributed by atoms with van der Waals surface area (Å²) < 4.78 is 0. The molecule has 0 spiro atoms. The molecule has 0 aliphatic carbocycles. The zero-order chi connectivity index (χ0) is 20.6. The molecular formula is C20H34N6O2S. The molecule has 1 aromatic rings. The van der Waals surface area contributed by atoms with Gasteiger partial charge < -0.3 is 15.1 Å². The first-order valence-corrected chi connectivity index (χ1v) is 11.8. The van der Waals surface area contributed by atoms with E-state index in [1.54, 1.807) is 4.90 Å². The minimum absolute atomic E-state index is 0.0182. The van der Waals surface area contributed by atoms with E-state index >= 15 is 0 Å². The highest BCUT2D eigenvalue weighted by molar-refractivity contribution is 7.19. The number of amides is 2. The minimum atomic E-state index is -0.0182. The summed E-state index contributed by atoms with van der Waals surface area (Å²) >= 11 is 1.46. The molecule has 9 heteroatoms. The Morgan fingerprint density at radius 3 is 2.59 bits per heavy atom. The second kappa shape index (κ2) is 10.9. The maximum atomic E-state index is 12.7. The molecule has 2 aliphatic heterocycles. The SMILES string of the molecule is CCCN(CCC)CCNC(=O)[C@H]1CCCN(c2nnc(N3CCCC3=O)s2)C1. The molecule has 1 aromatic heterocycles. The predicted octanol–water partition coefficient (Wildman–Crippen LogP) is 2.12. The van der Waals surface area contributed by atoms with Gasteiger partial charge >= 0.3 is 0 Å². The maximum Gasteiger partial charge on any atom is 0.228 e. The van der Waals surface area contributed by atoms with Gasteiger partial charge in [-0.05, 0) is 45.2 Å². The third-order valence-corrected chi connectivity index (χ3v) is 6.58. The highest BCUT2D eigenvalue weighted by Gasteiger charge is 2.30. The second-order valence-electron chi connectivity index (χ2n) is 7.93. The van der Waals surface area contributed by atoms with Crippen molar-refractivity contribution in [2.75, 3.05) is 55.6 Å². The Morgan fingerprint density at radius 2 is 1.90 bits per heavy atom. The van der Waals surface area contributed by atoms with Crippen molar-refractivity contribution >= 4 is 33.4 Å². The van der Waals surface area contributed by atoms with Gasteiger partial charge in [-0.2, -0.15) is 0 Å². The summed E-state index contributed by atoms with van der Waals surface area (Å²) in [4.78, 5) is 30.9. The van der Waals surface area contributed by atoms with E-state index in [9.17, 15) is 9.59 Å². The summed E-state index contributed by atoms with van der Waals surface area (Å²) in [6.07, 6.45) is 5.62. The average molecular weight is 423 g/mol. The molecule has 29 heavy (non-hydrogen) atoms. The van der Waals surface area contributed by atoms with Crippen molar-refractivity contribution in [2.24, 2.45) is 5.92 Å². The number of carbonyl (C=O) groups excluding carboxylic acids is 2. The molecular weight excluding hydrogens is 388 g/mol. The predicted molar refractivity (Wildman–Crippen MR) is 116 cm³/mol. The fraction of sp³-hybridized carbons (Fsp3) is 0.800. The third-order valence-electron chi connectivity index (χ3n) is 5.58. The molecule has 3 rings (SSSR count). The van der Waals surface area contributed by atoms with Crippen LogP contribution in [0, 0.1) is 5.92 Å². The number of aromatic nitrogens is 2. The fourth-order valence-electron chi connectivity index (χ4n) is 4.11. The normalized spacial score (nSPS) is 20.0. The van der Waals surface area contributed by atoms with Gasteiger partial charge in [0, 0.05) is 39.1 Å². The lowest BCUT2D eigenvalue weighted by atomic mass is 9.97. The fourth-order valence-corrected chi connectivity index (χ4v) is 5.03. The van der Waals surface area contributed by atoms with Crippen LogP contribution in [0.3, 0.4) is 0 Å². The maximum absolute atomic E-state index is 12.7. The summed E-state index contributed by atoms with van der Waals surface area (Å²) in [5.74, 6) is 0.251. The van der Waals surface area contributed by atoms with E-state index in [1.165, 1.54) is 11.3 Å². The Labute approximate surface area is 177 Å². The lowest BCUT2D eigenvalue weighted by molar-refractivity contribution is -0.125. The molecule has 0 saturated carbocycles. The molecule has 8 nitrogen and oxygen atoms in total. The first kappa shape index (κ1) is 22.0. The first-order chi connectivity index (χ1) is 14.1. The van der Waals surface area contributed by atoms with Crippen LogP contribution in [0.4, 0.5) is 10.3 Å². The standard InChI is InChI=1S/C20H34N6O2S/c1-3-10-24(11-4-2)14-9-21-18(28)16-7-5-12-25(15-16)19-22-23-20(29-19)26-13-6-8-17(26)27/h16H,3-15H2,1-2H3,(H,21,28)/t16-/m0/s1. The van der Waals surface area contributed by atoms with Crippen LogP contribution in [0.15, 0.2) is 0 Å². The molecule has 162 valence electrons. The zero-order valence-electron chi connectivity index (χ0n) is 17.7. The number of rotatable bonds is 10. The average Bonchev–Trinajstić information content (AvgIpc) is 3.37. The number of nitrogens with zero attached hydrogens (tertiary/aromatic N) is 5. The minimum Gasteiger partial charge on any atom is -0.355 e. The van der Waals surface area contributed by atoms with Gasteiger partial charge in [0.15, 0.2) is 0 Å². The van der Waals surface area contributed by atoms with Crippen LogP contribution in [0.25, 0.3) is 0 Å². The summed E-state index contributed by atoms with van der Waals surface area (Å²) in [5.41, 5.74) is 0. The zero-order valence-corrected chi connectivity index (χ0v) is 18.5. The molecule has 2 amide bonds. The lowest BCUT2D eigenvalue weighted by Crippen LogP contribution is -2.45. The van der Waals surface area contributed by atoms with Crippen LogP contribution in [0.5, 0.6) is 0 Å². The molecule has 2 saturated heterocycles. The first-order valence-electron chi connectivity index (χ1n) is 11.0. The Kier molecular flexibility index (Phi) is 8.23. The van der Waals surface area contributed by atoms with Crippen molar-refractivity contribution < 1.29 is 9.59 Å². The Balaban J connectivity index is 1.49. The summed E-state index contributed by atoms with van der Waals surface area (Å²) in [6.45, 7) is 10.4. The van der Waals surface area contributed by atoms with E-state index in [-0.39, 0.29) is 17.7 Å². The molecule has 0 unspecified atom stereocenters. The molecule has 0 radical (unpaired) electrons. The molecule has 1 atom stereocenters. The van der Waals surface area contributed by atoms with Crippen LogP contribution in [0.2, 0.25) is 0 Å². The number of piperidine rings is 1. The van der Waals surface area contributed by atoms with Crippen molar-refractivity contribution in [3.05, 3.63) is 0 Å². The van der Waals surface area contributed by atoms with E-state index in [0.29, 0.717) is 24.6 Å². The van der Waals surface area contributed by atoms with E-state index < -0.39 is 0 Å². The van der Waals surface area contributed by atoms with Gasteiger partial charge in [0.05, 0.1) is 5.92 Å². The second-order valence-corrected chi connectivity index (χ2v) is 8.87. The molecule has 2 aliphatic rings. The number of carbonyl (C=O) groups is 2. The van der Waals surface area contributed by atoms with Crippen LogP contribution >= 0.6 is 11.3 Å². The Bertz CT molecular complexity index is 676. The van der Waals surface area contributed by atoms with Crippen molar-refractivity contribution in [2.45, 2.75) is 52.4 Å². The van der Waals surface area contributed by atoms with Gasteiger partial charge in [-0.25, -0.2) is 0 Å². The lowest BCUT2D eigenvalue weighted by Gasteiger charge is -2.31. The summed E-state index contributed by atoms with van der Waals surface area (Å²) in [7, 11) is 0. The molecule has 3 heterocycles. The van der Waals surface area contributed by atoms with Crippen LogP contribution in [-0.2, 0) is 9.59 Å². The van der Waals surface area contributed by atoms with Crippen LogP contribution in [0.1, 0.15) is 52.4 Å². The van der Waals surface area contributed by atoms with Crippen molar-refractivity contribution in [1.82, 2.24) is 20.4 Å². The third kappa shape index (κ3) is 5.88. The quantitative estimate of drug-likeness (QED) is 0.622. The number of hydrogen-bond donors (Lipinski definition) is 1. The van der Waals surface area contributed by atoms with Gasteiger partial charge in [-0.15, -0.1) is 10.2 Å². The van der Waals surface area contributed by atoms with E-state index in [4.69, 9.17) is 0 Å². The highest BCUT2D eigenvalue weighted by atomic mass is 32.1. The topological polar surface area (TPSA) is 81.7 Å². The highest BCUT2D eigenvalue weighted by Crippen LogP contribution is 2.32. The van der Waals surface area contributed by atoms with Gasteiger partial charge in [0.1, 0.15) is 0 Å². The number of nitrogens with one attached hydrogen (secondary N) is 1. The smallest absolute Gasteiger partial charge is 0.228 e. The number of anilines is 2. The van der Waals surface area contributed by atoms with Gasteiger partial charge in [0.25, 0.3) is 0 Å². The van der Waals surface area contributed by atoms with E-state index in [1.807, 2.05) is 0 Å². The monoisotopic (exact) mass is 422 g/mol. The van der Waals surface area contributed by atoms with Crippen molar-refractivity contribution in [3.63, 3.8) is 0 Å². The van der Waals surface area contributed by atoms with Gasteiger partial charge in [0.2, 0.25) is 22.1 Å². The summed E-state index contributed by atoms with van der Waals surface area (Å²) in [6, 6.07) is 0. The van der Waals surface area contributed by atoms with Gasteiger partial charge in [-0.3, -0.25) is 14.5 Å². The molecule has 0 bridgehead atoms. The van der Waals surface area contributed by atoms with Crippen molar-refractivity contribution in [1.29, 1.82) is 0 Å². The van der Waals surface area contributed by atoms with E-state index in [2.05, 4.69) is 39.2 Å². The Hall–Kier alpha value is -1.74. The number of hydrogen-bond acceptors (Lipinski definition) is 7.